The second-order valence-electron chi connectivity index (χ2n) is 4.94. The van der Waals surface area contributed by atoms with Crippen LogP contribution in [0.5, 0.6) is 0 Å². The van der Waals surface area contributed by atoms with E-state index >= 15 is 0 Å². The van der Waals surface area contributed by atoms with Crippen molar-refractivity contribution in [3.05, 3.63) is 65.5 Å². The van der Waals surface area contributed by atoms with Gasteiger partial charge >= 0.3 is 0 Å². The molecule has 2 aromatic rings. The molecule has 2 heterocycles. The maximum Gasteiger partial charge on any atom is 0.0617 e. The van der Waals surface area contributed by atoms with Crippen molar-refractivity contribution in [3.8, 4) is 0 Å². The molecule has 0 aliphatic carbocycles. The molecule has 18 heavy (non-hydrogen) atoms. The van der Waals surface area contributed by atoms with Crippen LogP contribution in [-0.4, -0.2) is 23.5 Å². The fourth-order valence-electron chi connectivity index (χ4n) is 2.84. The Hall–Kier alpha value is -1.67. The van der Waals surface area contributed by atoms with E-state index in [4.69, 9.17) is 0 Å². The number of fused-ring (bicyclic) bond motifs is 1. The van der Waals surface area contributed by atoms with Crippen molar-refractivity contribution in [2.24, 2.45) is 0 Å². The van der Waals surface area contributed by atoms with Crippen molar-refractivity contribution in [1.29, 1.82) is 0 Å². The molecule has 1 aliphatic rings. The van der Waals surface area contributed by atoms with Crippen LogP contribution >= 0.6 is 0 Å². The Labute approximate surface area is 108 Å². The van der Waals surface area contributed by atoms with Gasteiger partial charge in [-0.2, -0.15) is 0 Å². The lowest BCUT2D eigenvalue weighted by molar-refractivity contribution is 0.284. The zero-order valence-electron chi connectivity index (χ0n) is 10.7. The quantitative estimate of drug-likeness (QED) is 0.759. The molecule has 0 amide bonds. The van der Waals surface area contributed by atoms with Crippen LogP contribution in [0.1, 0.15) is 29.3 Å². The summed E-state index contributed by atoms with van der Waals surface area (Å²) in [5.74, 6) is 0. The Balaban J connectivity index is 2.11. The fourth-order valence-corrected chi connectivity index (χ4v) is 2.84. The zero-order chi connectivity index (χ0) is 12.4. The number of hydrogen-bond donors (Lipinski definition) is 0. The van der Waals surface area contributed by atoms with E-state index < -0.39 is 0 Å². The van der Waals surface area contributed by atoms with Gasteiger partial charge in [0.2, 0.25) is 0 Å². The Morgan fingerprint density at radius 2 is 1.94 bits per heavy atom. The van der Waals surface area contributed by atoms with E-state index in [-0.39, 0.29) is 0 Å². The van der Waals surface area contributed by atoms with Gasteiger partial charge in [-0.05, 0) is 43.6 Å². The van der Waals surface area contributed by atoms with Gasteiger partial charge in [0.25, 0.3) is 0 Å². The van der Waals surface area contributed by atoms with Gasteiger partial charge in [0, 0.05) is 11.9 Å². The average Bonchev–Trinajstić information content (AvgIpc) is 2.58. The van der Waals surface area contributed by atoms with Crippen LogP contribution in [-0.2, 0) is 6.42 Å². The summed E-state index contributed by atoms with van der Waals surface area (Å²) < 4.78 is 0. The maximum absolute atomic E-state index is 4.56. The first-order valence-corrected chi connectivity index (χ1v) is 6.55. The van der Waals surface area contributed by atoms with E-state index in [0.29, 0.717) is 6.04 Å². The minimum Gasteiger partial charge on any atom is -0.295 e. The predicted molar refractivity (Wildman–Crippen MR) is 73.5 cm³/mol. The Kier molecular flexibility index (Phi) is 3.11. The first-order valence-electron chi connectivity index (χ1n) is 6.55. The number of benzene rings is 1. The summed E-state index contributed by atoms with van der Waals surface area (Å²) in [7, 11) is 2.21. The Morgan fingerprint density at radius 3 is 2.78 bits per heavy atom. The topological polar surface area (TPSA) is 16.1 Å². The molecule has 1 aromatic heterocycles. The van der Waals surface area contributed by atoms with Crippen molar-refractivity contribution >= 4 is 0 Å². The third-order valence-electron chi connectivity index (χ3n) is 3.70. The minimum absolute atomic E-state index is 0.345. The number of hydrogen-bond acceptors (Lipinski definition) is 2. The largest absolute Gasteiger partial charge is 0.295 e. The van der Waals surface area contributed by atoms with Gasteiger partial charge in [-0.15, -0.1) is 0 Å². The molecule has 0 bridgehead atoms. The van der Waals surface area contributed by atoms with Crippen molar-refractivity contribution in [3.63, 3.8) is 0 Å². The number of aromatic nitrogens is 1. The molecule has 0 radical (unpaired) electrons. The molecular formula is C16H18N2. The van der Waals surface area contributed by atoms with Gasteiger partial charge in [0.1, 0.15) is 0 Å². The third kappa shape index (κ3) is 2.04. The highest BCUT2D eigenvalue weighted by molar-refractivity contribution is 5.35. The standard InChI is InChI=1S/C16H18N2/c1-18-12-6-10-15-14(9-5-11-17-15)16(18)13-7-3-2-4-8-13/h2-5,7-9,11,16H,6,10,12H2,1H3. The van der Waals surface area contributed by atoms with Crippen LogP contribution in [0.15, 0.2) is 48.7 Å². The number of pyridine rings is 1. The molecule has 2 nitrogen and oxygen atoms in total. The lowest BCUT2D eigenvalue weighted by Crippen LogP contribution is -2.25. The highest BCUT2D eigenvalue weighted by atomic mass is 15.1. The molecule has 1 atom stereocenters. The molecule has 92 valence electrons. The van der Waals surface area contributed by atoms with Crippen LogP contribution in [0.25, 0.3) is 0 Å². The summed E-state index contributed by atoms with van der Waals surface area (Å²) in [6.07, 6.45) is 4.18. The minimum atomic E-state index is 0.345. The molecule has 1 aromatic carbocycles. The third-order valence-corrected chi connectivity index (χ3v) is 3.70. The first kappa shape index (κ1) is 11.4. The summed E-state index contributed by atoms with van der Waals surface area (Å²) >= 11 is 0. The molecule has 2 heteroatoms. The summed E-state index contributed by atoms with van der Waals surface area (Å²) in [5, 5.41) is 0. The number of nitrogens with zero attached hydrogens (tertiary/aromatic N) is 2. The molecule has 1 unspecified atom stereocenters. The second kappa shape index (κ2) is 4.91. The fraction of sp³-hybridized carbons (Fsp3) is 0.312. The van der Waals surface area contributed by atoms with Crippen LogP contribution < -0.4 is 0 Å². The molecule has 0 fully saturated rings. The molecule has 0 saturated heterocycles. The normalized spacial score (nSPS) is 20.2. The van der Waals surface area contributed by atoms with Gasteiger partial charge in [-0.25, -0.2) is 0 Å². The molecule has 0 N–H and O–H groups in total. The number of aryl methyl sites for hydroxylation is 1. The van der Waals surface area contributed by atoms with Gasteiger partial charge in [0.15, 0.2) is 0 Å². The smallest absolute Gasteiger partial charge is 0.0617 e. The summed E-state index contributed by atoms with van der Waals surface area (Å²) in [4.78, 5) is 7.00. The van der Waals surface area contributed by atoms with E-state index in [0.717, 1.165) is 13.0 Å². The summed E-state index contributed by atoms with van der Waals surface area (Å²) in [5.41, 5.74) is 3.98. The summed E-state index contributed by atoms with van der Waals surface area (Å²) in [6.45, 7) is 1.12. The van der Waals surface area contributed by atoms with E-state index in [1.807, 2.05) is 12.3 Å². The highest BCUT2D eigenvalue weighted by Gasteiger charge is 2.24. The molecule has 1 aliphatic heterocycles. The maximum atomic E-state index is 4.56. The van der Waals surface area contributed by atoms with E-state index in [2.05, 4.69) is 53.3 Å². The molecule has 3 rings (SSSR count). The second-order valence-corrected chi connectivity index (χ2v) is 4.94. The summed E-state index contributed by atoms with van der Waals surface area (Å²) in [6, 6.07) is 15.3. The van der Waals surface area contributed by atoms with Gasteiger partial charge in [0.05, 0.1) is 6.04 Å². The Morgan fingerprint density at radius 1 is 1.11 bits per heavy atom. The van der Waals surface area contributed by atoms with Gasteiger partial charge < -0.3 is 0 Å². The lowest BCUT2D eigenvalue weighted by Gasteiger charge is -2.27. The van der Waals surface area contributed by atoms with Gasteiger partial charge in [-0.3, -0.25) is 9.88 Å². The highest BCUT2D eigenvalue weighted by Crippen LogP contribution is 2.31. The zero-order valence-corrected chi connectivity index (χ0v) is 10.7. The van der Waals surface area contributed by atoms with E-state index in [1.54, 1.807) is 0 Å². The van der Waals surface area contributed by atoms with Crippen LogP contribution in [0.4, 0.5) is 0 Å². The molecule has 0 saturated carbocycles. The predicted octanol–water partition coefficient (Wildman–Crippen LogP) is 3.05. The van der Waals surface area contributed by atoms with Crippen molar-refractivity contribution in [2.45, 2.75) is 18.9 Å². The van der Waals surface area contributed by atoms with Crippen molar-refractivity contribution < 1.29 is 0 Å². The monoisotopic (exact) mass is 238 g/mol. The lowest BCUT2D eigenvalue weighted by atomic mass is 9.96. The van der Waals surface area contributed by atoms with Crippen LogP contribution in [0, 0.1) is 0 Å². The van der Waals surface area contributed by atoms with Crippen molar-refractivity contribution in [1.82, 2.24) is 9.88 Å². The van der Waals surface area contributed by atoms with Crippen LogP contribution in [0.3, 0.4) is 0 Å². The molecule has 0 spiro atoms. The average molecular weight is 238 g/mol. The van der Waals surface area contributed by atoms with Crippen molar-refractivity contribution in [2.75, 3.05) is 13.6 Å². The Bertz CT molecular complexity index is 522. The van der Waals surface area contributed by atoms with Gasteiger partial charge in [-0.1, -0.05) is 36.4 Å². The SMILES string of the molecule is CN1CCCc2ncccc2C1c1ccccc1. The van der Waals surface area contributed by atoms with Crippen LogP contribution in [0.2, 0.25) is 0 Å². The first-order chi connectivity index (χ1) is 8.86. The number of rotatable bonds is 1. The van der Waals surface area contributed by atoms with E-state index in [1.165, 1.54) is 23.2 Å². The van der Waals surface area contributed by atoms with E-state index in [9.17, 15) is 0 Å². The molecular weight excluding hydrogens is 220 g/mol.